The summed E-state index contributed by atoms with van der Waals surface area (Å²) >= 11 is 0. The fraction of sp³-hybridized carbons (Fsp3) is 0.375. The van der Waals surface area contributed by atoms with Crippen LogP contribution in [-0.4, -0.2) is 25.7 Å². The van der Waals surface area contributed by atoms with Crippen molar-refractivity contribution in [2.24, 2.45) is 0 Å². The minimum atomic E-state index is -0.538. The molecule has 1 aliphatic rings. The summed E-state index contributed by atoms with van der Waals surface area (Å²) in [5.41, 5.74) is 1.71. The van der Waals surface area contributed by atoms with Crippen molar-refractivity contribution in [3.8, 4) is 5.75 Å². The number of nitrogens with one attached hydrogen (secondary N) is 2. The van der Waals surface area contributed by atoms with E-state index in [1.807, 2.05) is 19.1 Å². The van der Waals surface area contributed by atoms with Gasteiger partial charge in [-0.15, -0.1) is 0 Å². The molecule has 0 aromatic heterocycles. The van der Waals surface area contributed by atoms with Gasteiger partial charge >= 0.3 is 12.0 Å². The van der Waals surface area contributed by atoms with Gasteiger partial charge in [-0.05, 0) is 31.0 Å². The molecule has 0 fully saturated rings. The first-order chi connectivity index (χ1) is 10.6. The number of methoxy groups -OCH3 is 1. The van der Waals surface area contributed by atoms with Crippen LogP contribution in [0.4, 0.5) is 4.79 Å². The zero-order chi connectivity index (χ0) is 16.1. The zero-order valence-corrected chi connectivity index (χ0v) is 12.9. The van der Waals surface area contributed by atoms with Crippen LogP contribution < -0.4 is 15.4 Å². The summed E-state index contributed by atoms with van der Waals surface area (Å²) in [5.74, 6) is 0.285. The molecular weight excluding hydrogens is 284 g/mol. The van der Waals surface area contributed by atoms with Crippen molar-refractivity contribution in [2.75, 3.05) is 13.7 Å². The Kier molecular flexibility index (Phi) is 5.04. The summed E-state index contributed by atoms with van der Waals surface area (Å²) in [6.45, 7) is 3.97. The van der Waals surface area contributed by atoms with Crippen molar-refractivity contribution < 1.29 is 19.1 Å². The highest BCUT2D eigenvalue weighted by molar-refractivity contribution is 5.95. The van der Waals surface area contributed by atoms with Crippen LogP contribution in [-0.2, 0) is 9.53 Å². The molecule has 0 saturated carbocycles. The lowest BCUT2D eigenvalue weighted by atomic mass is 9.95. The second-order valence-corrected chi connectivity index (χ2v) is 4.98. The number of amides is 2. The average Bonchev–Trinajstić information content (AvgIpc) is 2.52. The molecule has 0 spiro atoms. The third-order valence-electron chi connectivity index (χ3n) is 3.38. The van der Waals surface area contributed by atoms with E-state index in [1.165, 1.54) is 0 Å². The molecule has 22 heavy (non-hydrogen) atoms. The SMILES string of the molecule is CCCOC(=O)C1=C(C)NC(=O)N[C@@H]1c1ccc(OC)cc1. The molecule has 0 saturated heterocycles. The Morgan fingerprint density at radius 3 is 2.55 bits per heavy atom. The Morgan fingerprint density at radius 1 is 1.27 bits per heavy atom. The second-order valence-electron chi connectivity index (χ2n) is 4.98. The minimum Gasteiger partial charge on any atom is -0.497 e. The smallest absolute Gasteiger partial charge is 0.338 e. The van der Waals surface area contributed by atoms with Crippen molar-refractivity contribution in [3.63, 3.8) is 0 Å². The van der Waals surface area contributed by atoms with E-state index in [2.05, 4.69) is 10.6 Å². The first-order valence-corrected chi connectivity index (χ1v) is 7.16. The van der Waals surface area contributed by atoms with E-state index in [9.17, 15) is 9.59 Å². The van der Waals surface area contributed by atoms with E-state index in [0.717, 1.165) is 12.0 Å². The standard InChI is InChI=1S/C16H20N2O4/c1-4-9-22-15(19)13-10(2)17-16(20)18-14(13)11-5-7-12(21-3)8-6-11/h5-8,14H,4,9H2,1-3H3,(H2,17,18,20)/t14-/m1/s1. The van der Waals surface area contributed by atoms with Gasteiger partial charge < -0.3 is 20.1 Å². The third kappa shape index (κ3) is 3.39. The van der Waals surface area contributed by atoms with Crippen LogP contribution in [0.2, 0.25) is 0 Å². The topological polar surface area (TPSA) is 76.7 Å². The quantitative estimate of drug-likeness (QED) is 0.818. The normalized spacial score (nSPS) is 17.6. The van der Waals surface area contributed by atoms with Gasteiger partial charge in [-0.1, -0.05) is 19.1 Å². The highest BCUT2D eigenvalue weighted by Crippen LogP contribution is 2.28. The van der Waals surface area contributed by atoms with Gasteiger partial charge in [0.1, 0.15) is 5.75 Å². The Morgan fingerprint density at radius 2 is 1.95 bits per heavy atom. The highest BCUT2D eigenvalue weighted by atomic mass is 16.5. The van der Waals surface area contributed by atoms with Crippen LogP contribution in [0.1, 0.15) is 31.9 Å². The van der Waals surface area contributed by atoms with Crippen molar-refractivity contribution in [2.45, 2.75) is 26.3 Å². The maximum absolute atomic E-state index is 12.3. The van der Waals surface area contributed by atoms with Crippen LogP contribution in [0, 0.1) is 0 Å². The number of urea groups is 1. The summed E-state index contributed by atoms with van der Waals surface area (Å²) < 4.78 is 10.3. The number of allylic oxidation sites excluding steroid dienone is 1. The van der Waals surface area contributed by atoms with E-state index in [1.54, 1.807) is 26.2 Å². The molecule has 2 N–H and O–H groups in total. The zero-order valence-electron chi connectivity index (χ0n) is 12.9. The van der Waals surface area contributed by atoms with Crippen LogP contribution in [0.25, 0.3) is 0 Å². The minimum absolute atomic E-state index is 0.342. The van der Waals surface area contributed by atoms with E-state index in [4.69, 9.17) is 9.47 Å². The number of hydrogen-bond donors (Lipinski definition) is 2. The lowest BCUT2D eigenvalue weighted by molar-refractivity contribution is -0.139. The molecule has 6 nitrogen and oxygen atoms in total. The molecule has 2 amide bonds. The number of carbonyl (C=O) groups is 2. The van der Waals surface area contributed by atoms with Crippen molar-refractivity contribution >= 4 is 12.0 Å². The molecule has 0 aliphatic carbocycles. The van der Waals surface area contributed by atoms with Crippen LogP contribution in [0.3, 0.4) is 0 Å². The summed E-state index contributed by atoms with van der Waals surface area (Å²) in [5, 5.41) is 5.37. The van der Waals surface area contributed by atoms with Gasteiger partial charge in [-0.25, -0.2) is 9.59 Å². The average molecular weight is 304 g/mol. The van der Waals surface area contributed by atoms with Gasteiger partial charge in [-0.3, -0.25) is 0 Å². The highest BCUT2D eigenvalue weighted by Gasteiger charge is 2.32. The van der Waals surface area contributed by atoms with Crippen molar-refractivity contribution in [1.29, 1.82) is 0 Å². The number of rotatable bonds is 5. The van der Waals surface area contributed by atoms with Crippen molar-refractivity contribution in [3.05, 3.63) is 41.1 Å². The van der Waals surface area contributed by atoms with Gasteiger partial charge in [0, 0.05) is 5.70 Å². The number of hydrogen-bond acceptors (Lipinski definition) is 4. The van der Waals surface area contributed by atoms with Gasteiger partial charge in [0.15, 0.2) is 0 Å². The fourth-order valence-corrected chi connectivity index (χ4v) is 2.28. The number of benzene rings is 1. The Bertz CT molecular complexity index is 593. The van der Waals surface area contributed by atoms with Crippen LogP contribution in [0.15, 0.2) is 35.5 Å². The van der Waals surface area contributed by atoms with E-state index >= 15 is 0 Å². The van der Waals surface area contributed by atoms with Gasteiger partial charge in [0.05, 0.1) is 25.3 Å². The summed E-state index contributed by atoms with van der Waals surface area (Å²) in [7, 11) is 1.58. The molecule has 6 heteroatoms. The molecule has 0 radical (unpaired) electrons. The van der Waals surface area contributed by atoms with Crippen LogP contribution >= 0.6 is 0 Å². The lowest BCUT2D eigenvalue weighted by Crippen LogP contribution is -2.45. The van der Waals surface area contributed by atoms with E-state index < -0.39 is 12.0 Å². The molecule has 1 atom stereocenters. The summed E-state index contributed by atoms with van der Waals surface area (Å²) in [6.07, 6.45) is 0.741. The van der Waals surface area contributed by atoms with Gasteiger partial charge in [0.2, 0.25) is 0 Å². The fourth-order valence-electron chi connectivity index (χ4n) is 2.28. The largest absolute Gasteiger partial charge is 0.497 e. The number of carbonyl (C=O) groups excluding carboxylic acids is 2. The monoisotopic (exact) mass is 304 g/mol. The Hall–Kier alpha value is -2.50. The third-order valence-corrected chi connectivity index (χ3v) is 3.38. The predicted molar refractivity (Wildman–Crippen MR) is 81.4 cm³/mol. The maximum atomic E-state index is 12.3. The van der Waals surface area contributed by atoms with Crippen molar-refractivity contribution in [1.82, 2.24) is 10.6 Å². The van der Waals surface area contributed by atoms with Crippen LogP contribution in [0.5, 0.6) is 5.75 Å². The molecule has 1 aliphatic heterocycles. The molecule has 1 heterocycles. The molecule has 1 aromatic carbocycles. The van der Waals surface area contributed by atoms with E-state index in [-0.39, 0.29) is 6.03 Å². The number of ether oxygens (including phenoxy) is 2. The Balaban J connectivity index is 2.34. The predicted octanol–water partition coefficient (Wildman–Crippen LogP) is 2.28. The van der Waals surface area contributed by atoms with Gasteiger partial charge in [0.25, 0.3) is 0 Å². The number of esters is 1. The molecule has 0 bridgehead atoms. The lowest BCUT2D eigenvalue weighted by Gasteiger charge is -2.28. The second kappa shape index (κ2) is 6.98. The Labute approximate surface area is 129 Å². The summed E-state index contributed by atoms with van der Waals surface area (Å²) in [6, 6.07) is 6.32. The summed E-state index contributed by atoms with van der Waals surface area (Å²) in [4.78, 5) is 24.0. The van der Waals surface area contributed by atoms with E-state index in [0.29, 0.717) is 23.6 Å². The van der Waals surface area contributed by atoms with Gasteiger partial charge in [-0.2, -0.15) is 0 Å². The first-order valence-electron chi connectivity index (χ1n) is 7.16. The molecule has 118 valence electrons. The maximum Gasteiger partial charge on any atom is 0.338 e. The first kappa shape index (κ1) is 15.9. The molecule has 0 unspecified atom stereocenters. The molecule has 2 rings (SSSR count). The molecule has 1 aromatic rings. The molecular formula is C16H20N2O4.